The van der Waals surface area contributed by atoms with Gasteiger partial charge in [0.1, 0.15) is 5.60 Å². The minimum atomic E-state index is -0.727. The Balaban J connectivity index is 1.77. The van der Waals surface area contributed by atoms with Gasteiger partial charge in [0.15, 0.2) is 0 Å². The number of esters is 1. The molecule has 4 nitrogen and oxygen atoms in total. The molecule has 1 aliphatic heterocycles. The molecule has 0 unspecified atom stereocenters. The molecular formula is C20H28O4. The molecule has 0 radical (unpaired) electrons. The van der Waals surface area contributed by atoms with Gasteiger partial charge in [-0.2, -0.15) is 0 Å². The molecular weight excluding hydrogens is 304 g/mol. The van der Waals surface area contributed by atoms with Crippen LogP contribution in [-0.4, -0.2) is 22.6 Å². The molecule has 4 fully saturated rings. The second kappa shape index (κ2) is 4.86. The first-order chi connectivity index (χ1) is 11.2. The van der Waals surface area contributed by atoms with Crippen molar-refractivity contribution in [3.8, 4) is 0 Å². The Hall–Kier alpha value is -1.32. The third-order valence-electron chi connectivity index (χ3n) is 7.93. The molecule has 1 saturated heterocycles. The van der Waals surface area contributed by atoms with Gasteiger partial charge in [-0.15, -0.1) is 0 Å². The molecule has 4 heteroatoms. The molecule has 4 bridgehead atoms. The van der Waals surface area contributed by atoms with Gasteiger partial charge in [-0.1, -0.05) is 19.1 Å². The zero-order chi connectivity index (χ0) is 17.3. The van der Waals surface area contributed by atoms with E-state index in [-0.39, 0.29) is 22.7 Å². The van der Waals surface area contributed by atoms with E-state index < -0.39 is 17.5 Å². The van der Waals surface area contributed by atoms with Crippen molar-refractivity contribution in [3.63, 3.8) is 0 Å². The van der Waals surface area contributed by atoms with E-state index in [9.17, 15) is 14.7 Å². The zero-order valence-corrected chi connectivity index (χ0v) is 14.8. The maximum atomic E-state index is 12.5. The first kappa shape index (κ1) is 16.2. The number of carboxylic acids is 1. The molecule has 4 aliphatic rings. The topological polar surface area (TPSA) is 63.6 Å². The van der Waals surface area contributed by atoms with Gasteiger partial charge >= 0.3 is 11.9 Å². The normalized spacial score (nSPS) is 48.2. The lowest BCUT2D eigenvalue weighted by Crippen LogP contribution is -2.53. The average molecular weight is 332 g/mol. The number of allylic oxidation sites excluding steroid dienone is 1. The van der Waals surface area contributed by atoms with E-state index in [0.717, 1.165) is 51.4 Å². The Kier molecular flexibility index (Phi) is 3.27. The van der Waals surface area contributed by atoms with Crippen LogP contribution in [0.2, 0.25) is 0 Å². The quantitative estimate of drug-likeness (QED) is 0.628. The van der Waals surface area contributed by atoms with Gasteiger partial charge in [-0.05, 0) is 63.2 Å². The van der Waals surface area contributed by atoms with Crippen LogP contribution in [0.3, 0.4) is 0 Å². The molecule has 1 heterocycles. The van der Waals surface area contributed by atoms with Crippen molar-refractivity contribution in [3.05, 3.63) is 12.2 Å². The molecule has 0 spiro atoms. The number of fused-ring (bicyclic) bond motifs is 4. The molecule has 1 N–H and O–H groups in total. The maximum Gasteiger partial charge on any atom is 0.312 e. The highest BCUT2D eigenvalue weighted by molar-refractivity contribution is 5.80. The number of rotatable bonds is 3. The zero-order valence-electron chi connectivity index (χ0n) is 14.8. The highest BCUT2D eigenvalue weighted by Crippen LogP contribution is 2.67. The Labute approximate surface area is 143 Å². The Bertz CT molecular complexity index is 625. The average Bonchev–Trinajstić information content (AvgIpc) is 2.87. The summed E-state index contributed by atoms with van der Waals surface area (Å²) >= 11 is 0. The summed E-state index contributed by atoms with van der Waals surface area (Å²) in [6.45, 7) is 8.13. The van der Waals surface area contributed by atoms with E-state index >= 15 is 0 Å². The highest BCUT2D eigenvalue weighted by Gasteiger charge is 2.67. The van der Waals surface area contributed by atoms with Crippen molar-refractivity contribution in [2.75, 3.05) is 0 Å². The van der Waals surface area contributed by atoms with E-state index in [1.807, 2.05) is 13.8 Å². The Morgan fingerprint density at radius 1 is 1.38 bits per heavy atom. The number of ether oxygens (including phenoxy) is 1. The standard InChI is InChI=1S/C20H28O4/c1-12-9-19(13(2)16(21)22)10-14(12)5-6-15(19)20-8-4-7-18(3,11-20)17(23)24-20/h13-15H,1,4-11H2,2-3H3,(H,21,22)/t13-,14-,15-,18+,19-,20+/m1/s1. The fraction of sp³-hybridized carbons (Fsp3) is 0.800. The molecule has 6 atom stereocenters. The van der Waals surface area contributed by atoms with Crippen molar-refractivity contribution in [1.82, 2.24) is 0 Å². The predicted octanol–water partition coefficient (Wildman–Crippen LogP) is 3.95. The van der Waals surface area contributed by atoms with Crippen LogP contribution in [0.4, 0.5) is 0 Å². The molecule has 3 aliphatic carbocycles. The summed E-state index contributed by atoms with van der Waals surface area (Å²) in [5.74, 6) is -0.609. The van der Waals surface area contributed by atoms with Crippen LogP contribution in [0.5, 0.6) is 0 Å². The lowest BCUT2D eigenvalue weighted by Gasteiger charge is -2.52. The summed E-state index contributed by atoms with van der Waals surface area (Å²) in [5.41, 5.74) is 0.112. The second-order valence-electron chi connectivity index (χ2n) is 9.20. The number of carbonyl (C=O) groups excluding carboxylic acids is 1. The van der Waals surface area contributed by atoms with Gasteiger partial charge in [-0.3, -0.25) is 9.59 Å². The van der Waals surface area contributed by atoms with E-state index in [2.05, 4.69) is 6.58 Å². The number of carbonyl (C=O) groups is 2. The van der Waals surface area contributed by atoms with Gasteiger partial charge in [0, 0.05) is 12.3 Å². The SMILES string of the molecule is C=C1C[C@]2([C@H](C)C(=O)O)C[C@H]1CC[C@H]2[C@]12CCC[C@@](C)(C1)C(=O)O2. The molecule has 0 amide bonds. The van der Waals surface area contributed by atoms with Crippen LogP contribution in [0, 0.1) is 28.6 Å². The fourth-order valence-corrected chi connectivity index (χ4v) is 6.69. The second-order valence-corrected chi connectivity index (χ2v) is 9.20. The van der Waals surface area contributed by atoms with Crippen LogP contribution in [0.25, 0.3) is 0 Å². The predicted molar refractivity (Wildman–Crippen MR) is 89.2 cm³/mol. The van der Waals surface area contributed by atoms with Crippen LogP contribution in [-0.2, 0) is 14.3 Å². The molecule has 132 valence electrons. The molecule has 3 saturated carbocycles. The molecule has 24 heavy (non-hydrogen) atoms. The van der Waals surface area contributed by atoms with Crippen molar-refractivity contribution in [1.29, 1.82) is 0 Å². The summed E-state index contributed by atoms with van der Waals surface area (Å²) < 4.78 is 6.09. The molecule has 4 rings (SSSR count). The molecule has 0 aromatic carbocycles. The van der Waals surface area contributed by atoms with Crippen LogP contribution < -0.4 is 0 Å². The van der Waals surface area contributed by atoms with Crippen molar-refractivity contribution in [2.24, 2.45) is 28.6 Å². The van der Waals surface area contributed by atoms with Crippen LogP contribution >= 0.6 is 0 Å². The summed E-state index contributed by atoms with van der Waals surface area (Å²) in [4.78, 5) is 24.5. The first-order valence-corrected chi connectivity index (χ1v) is 9.36. The number of hydrogen-bond donors (Lipinski definition) is 1. The van der Waals surface area contributed by atoms with Gasteiger partial charge < -0.3 is 9.84 Å². The lowest BCUT2D eigenvalue weighted by atomic mass is 9.53. The first-order valence-electron chi connectivity index (χ1n) is 9.36. The minimum absolute atomic E-state index is 0.0583. The van der Waals surface area contributed by atoms with Gasteiger partial charge in [-0.25, -0.2) is 0 Å². The third kappa shape index (κ3) is 1.91. The monoisotopic (exact) mass is 332 g/mol. The van der Waals surface area contributed by atoms with Gasteiger partial charge in [0.25, 0.3) is 0 Å². The largest absolute Gasteiger partial charge is 0.481 e. The van der Waals surface area contributed by atoms with E-state index in [1.54, 1.807) is 0 Å². The van der Waals surface area contributed by atoms with Crippen molar-refractivity contribution >= 4 is 11.9 Å². The summed E-state index contributed by atoms with van der Waals surface area (Å²) in [6.07, 6.45) is 7.28. The fourth-order valence-electron chi connectivity index (χ4n) is 6.69. The van der Waals surface area contributed by atoms with Crippen molar-refractivity contribution in [2.45, 2.75) is 70.8 Å². The number of aliphatic carboxylic acids is 1. The van der Waals surface area contributed by atoms with E-state index in [4.69, 9.17) is 4.74 Å². The molecule has 0 aromatic heterocycles. The number of carboxylic acid groups (broad SMARTS) is 1. The van der Waals surface area contributed by atoms with E-state index in [0.29, 0.717) is 5.92 Å². The number of hydrogen-bond acceptors (Lipinski definition) is 3. The summed E-state index contributed by atoms with van der Waals surface area (Å²) in [7, 11) is 0. The smallest absolute Gasteiger partial charge is 0.312 e. The summed E-state index contributed by atoms with van der Waals surface area (Å²) in [5, 5.41) is 9.78. The van der Waals surface area contributed by atoms with Crippen molar-refractivity contribution < 1.29 is 19.4 Å². The molecule has 0 aromatic rings. The Morgan fingerprint density at radius 3 is 2.83 bits per heavy atom. The van der Waals surface area contributed by atoms with Gasteiger partial charge in [0.05, 0.1) is 11.3 Å². The van der Waals surface area contributed by atoms with E-state index in [1.165, 1.54) is 5.57 Å². The summed E-state index contributed by atoms with van der Waals surface area (Å²) in [6, 6.07) is 0. The minimum Gasteiger partial charge on any atom is -0.481 e. The third-order valence-corrected chi connectivity index (χ3v) is 7.93. The van der Waals surface area contributed by atoms with Crippen LogP contribution in [0.1, 0.15) is 65.2 Å². The lowest BCUT2D eigenvalue weighted by molar-refractivity contribution is -0.171. The Morgan fingerprint density at radius 2 is 2.12 bits per heavy atom. The van der Waals surface area contributed by atoms with Gasteiger partial charge in [0.2, 0.25) is 0 Å². The maximum absolute atomic E-state index is 12.5. The highest BCUT2D eigenvalue weighted by atomic mass is 16.6. The van der Waals surface area contributed by atoms with Crippen LogP contribution in [0.15, 0.2) is 12.2 Å².